The van der Waals surface area contributed by atoms with E-state index < -0.39 is 17.4 Å². The molecule has 0 radical (unpaired) electrons. The van der Waals surface area contributed by atoms with Gasteiger partial charge in [-0.1, -0.05) is 6.92 Å². The minimum absolute atomic E-state index is 0.186. The molecule has 0 amide bonds. The Morgan fingerprint density at radius 2 is 1.35 bits per heavy atom. The molecule has 2 aliphatic rings. The average Bonchev–Trinajstić information content (AvgIpc) is 2.18. The van der Waals surface area contributed by atoms with Crippen molar-refractivity contribution in [2.75, 3.05) is 0 Å². The first-order chi connectivity index (χ1) is 9.19. The van der Waals surface area contributed by atoms with Gasteiger partial charge in [0.15, 0.2) is 5.41 Å². The number of hydrogen-bond donors (Lipinski definition) is 0. The van der Waals surface area contributed by atoms with Crippen LogP contribution in [-0.4, -0.2) is 24.1 Å². The Labute approximate surface area is 121 Å². The van der Waals surface area contributed by atoms with Gasteiger partial charge in [0.2, 0.25) is 0 Å². The molecule has 0 unspecified atom stereocenters. The van der Waals surface area contributed by atoms with Crippen LogP contribution in [0.4, 0.5) is 0 Å². The molecule has 0 saturated heterocycles. The van der Waals surface area contributed by atoms with E-state index in [1.165, 1.54) is 0 Å². The molecule has 0 N–H and O–H groups in total. The van der Waals surface area contributed by atoms with Crippen molar-refractivity contribution in [2.24, 2.45) is 16.7 Å². The van der Waals surface area contributed by atoms with E-state index >= 15 is 0 Å². The predicted molar refractivity (Wildman–Crippen MR) is 75.0 cm³/mol. The Balaban J connectivity index is 2.10. The molecular formula is C16H26O4. The molecule has 0 bridgehead atoms. The molecule has 2 fully saturated rings. The SMILES string of the molecule is CC1CC2(C1)CC(C(=O)OC(C)C)(C(=O)OC(C)C)C2. The molecule has 4 heteroatoms. The maximum atomic E-state index is 12.4. The Morgan fingerprint density at radius 3 is 1.65 bits per heavy atom. The Kier molecular flexibility index (Phi) is 3.87. The van der Waals surface area contributed by atoms with Crippen LogP contribution in [-0.2, 0) is 19.1 Å². The van der Waals surface area contributed by atoms with E-state index in [1.54, 1.807) is 27.7 Å². The Bertz CT molecular complexity index is 373. The number of carbonyl (C=O) groups excluding carboxylic acids is 2. The minimum atomic E-state index is -1.05. The van der Waals surface area contributed by atoms with E-state index in [2.05, 4.69) is 6.92 Å². The van der Waals surface area contributed by atoms with Crippen LogP contribution in [0, 0.1) is 16.7 Å². The summed E-state index contributed by atoms with van der Waals surface area (Å²) >= 11 is 0. The predicted octanol–water partition coefficient (Wildman–Crippen LogP) is 3.09. The van der Waals surface area contributed by atoms with Crippen molar-refractivity contribution in [3.05, 3.63) is 0 Å². The summed E-state index contributed by atoms with van der Waals surface area (Å²) in [5.41, 5.74) is -0.861. The van der Waals surface area contributed by atoms with Crippen LogP contribution in [0.25, 0.3) is 0 Å². The third-order valence-electron chi connectivity index (χ3n) is 4.38. The zero-order valence-electron chi connectivity index (χ0n) is 13.2. The fourth-order valence-corrected chi connectivity index (χ4v) is 3.96. The van der Waals surface area contributed by atoms with Gasteiger partial charge in [0, 0.05) is 0 Å². The molecule has 0 atom stereocenters. The van der Waals surface area contributed by atoms with Crippen LogP contribution in [0.15, 0.2) is 0 Å². The van der Waals surface area contributed by atoms with Crippen LogP contribution in [0.2, 0.25) is 0 Å². The molecule has 114 valence electrons. The fourth-order valence-electron chi connectivity index (χ4n) is 3.96. The standard InChI is InChI=1S/C16H26O4/c1-10(2)19-13(17)16(14(18)20-11(3)4)8-15(9-16)6-12(5)7-15/h10-12H,6-9H2,1-5H3. The summed E-state index contributed by atoms with van der Waals surface area (Å²) in [5, 5.41) is 0. The molecule has 0 aromatic rings. The molecule has 1 spiro atoms. The molecule has 2 aliphatic carbocycles. The van der Waals surface area contributed by atoms with E-state index in [0.717, 1.165) is 12.8 Å². The lowest BCUT2D eigenvalue weighted by atomic mass is 9.43. The third kappa shape index (κ3) is 2.57. The first-order valence-corrected chi connectivity index (χ1v) is 7.61. The Morgan fingerprint density at radius 1 is 0.950 bits per heavy atom. The minimum Gasteiger partial charge on any atom is -0.462 e. The molecule has 4 nitrogen and oxygen atoms in total. The van der Waals surface area contributed by atoms with Crippen LogP contribution >= 0.6 is 0 Å². The van der Waals surface area contributed by atoms with E-state index in [4.69, 9.17) is 9.47 Å². The van der Waals surface area contributed by atoms with Gasteiger partial charge < -0.3 is 9.47 Å². The summed E-state index contributed by atoms with van der Waals surface area (Å²) in [5.74, 6) is -0.0955. The van der Waals surface area contributed by atoms with Crippen molar-refractivity contribution in [3.8, 4) is 0 Å². The monoisotopic (exact) mass is 282 g/mol. The lowest BCUT2D eigenvalue weighted by molar-refractivity contribution is -0.207. The number of esters is 2. The average molecular weight is 282 g/mol. The molecule has 2 saturated carbocycles. The van der Waals surface area contributed by atoms with Crippen LogP contribution < -0.4 is 0 Å². The molecule has 0 aliphatic heterocycles. The second kappa shape index (κ2) is 5.05. The van der Waals surface area contributed by atoms with Crippen molar-refractivity contribution in [1.29, 1.82) is 0 Å². The highest BCUT2D eigenvalue weighted by molar-refractivity contribution is 6.01. The zero-order valence-corrected chi connectivity index (χ0v) is 13.2. The zero-order chi connectivity index (χ0) is 15.1. The highest BCUT2D eigenvalue weighted by Crippen LogP contribution is 2.67. The van der Waals surface area contributed by atoms with Gasteiger partial charge in [-0.2, -0.15) is 0 Å². The number of ether oxygens (including phenoxy) is 2. The first-order valence-electron chi connectivity index (χ1n) is 7.61. The van der Waals surface area contributed by atoms with Gasteiger partial charge >= 0.3 is 11.9 Å². The summed E-state index contributed by atoms with van der Waals surface area (Å²) in [7, 11) is 0. The van der Waals surface area contributed by atoms with Gasteiger partial charge in [-0.25, -0.2) is 0 Å². The summed E-state index contributed by atoms with van der Waals surface area (Å²) in [6.45, 7) is 9.43. The summed E-state index contributed by atoms with van der Waals surface area (Å²) in [6.07, 6.45) is 3.01. The lowest BCUT2D eigenvalue weighted by Crippen LogP contribution is -2.61. The highest BCUT2D eigenvalue weighted by Gasteiger charge is 2.67. The van der Waals surface area contributed by atoms with Gasteiger partial charge in [-0.15, -0.1) is 0 Å². The maximum absolute atomic E-state index is 12.4. The van der Waals surface area contributed by atoms with Crippen molar-refractivity contribution in [1.82, 2.24) is 0 Å². The quantitative estimate of drug-likeness (QED) is 0.587. The summed E-state index contributed by atoms with van der Waals surface area (Å²) in [4.78, 5) is 24.7. The van der Waals surface area contributed by atoms with Crippen molar-refractivity contribution in [3.63, 3.8) is 0 Å². The van der Waals surface area contributed by atoms with Crippen molar-refractivity contribution < 1.29 is 19.1 Å². The largest absolute Gasteiger partial charge is 0.462 e. The van der Waals surface area contributed by atoms with Crippen LogP contribution in [0.5, 0.6) is 0 Å². The molecule has 20 heavy (non-hydrogen) atoms. The normalized spacial score (nSPS) is 23.4. The number of rotatable bonds is 4. The first kappa shape index (κ1) is 15.3. The highest BCUT2D eigenvalue weighted by atomic mass is 16.6. The topological polar surface area (TPSA) is 52.6 Å². The number of hydrogen-bond acceptors (Lipinski definition) is 4. The fraction of sp³-hybridized carbons (Fsp3) is 0.875. The smallest absolute Gasteiger partial charge is 0.323 e. The molecule has 2 rings (SSSR count). The summed E-state index contributed by atoms with van der Waals surface area (Å²) < 4.78 is 10.6. The molecular weight excluding hydrogens is 256 g/mol. The molecule has 0 heterocycles. The van der Waals surface area contributed by atoms with Gasteiger partial charge in [-0.05, 0) is 64.7 Å². The van der Waals surface area contributed by atoms with Gasteiger partial charge in [-0.3, -0.25) is 9.59 Å². The molecule has 0 aromatic heterocycles. The summed E-state index contributed by atoms with van der Waals surface area (Å²) in [6, 6.07) is 0. The van der Waals surface area contributed by atoms with Crippen LogP contribution in [0.3, 0.4) is 0 Å². The van der Waals surface area contributed by atoms with E-state index in [-0.39, 0.29) is 17.6 Å². The second-order valence-corrected chi connectivity index (χ2v) is 7.36. The van der Waals surface area contributed by atoms with Gasteiger partial charge in [0.05, 0.1) is 12.2 Å². The third-order valence-corrected chi connectivity index (χ3v) is 4.38. The van der Waals surface area contributed by atoms with E-state index in [1.807, 2.05) is 0 Å². The Hall–Kier alpha value is -1.06. The van der Waals surface area contributed by atoms with Crippen molar-refractivity contribution in [2.45, 2.75) is 72.5 Å². The van der Waals surface area contributed by atoms with Crippen molar-refractivity contribution >= 4 is 11.9 Å². The van der Waals surface area contributed by atoms with E-state index in [9.17, 15) is 9.59 Å². The van der Waals surface area contributed by atoms with Gasteiger partial charge in [0.25, 0.3) is 0 Å². The van der Waals surface area contributed by atoms with E-state index in [0.29, 0.717) is 18.8 Å². The van der Waals surface area contributed by atoms with Gasteiger partial charge in [0.1, 0.15) is 0 Å². The second-order valence-electron chi connectivity index (χ2n) is 7.36. The lowest BCUT2D eigenvalue weighted by Gasteiger charge is -2.60. The van der Waals surface area contributed by atoms with Crippen LogP contribution in [0.1, 0.15) is 60.3 Å². The number of carbonyl (C=O) groups is 2. The maximum Gasteiger partial charge on any atom is 0.323 e. The molecule has 0 aromatic carbocycles.